The van der Waals surface area contributed by atoms with Crippen LogP contribution in [0.25, 0.3) is 0 Å². The molecule has 4 saturated carbocycles. The smallest absolute Gasteiger partial charge is 0.251 e. The largest absolute Gasteiger partial charge is 0.495 e. The minimum Gasteiger partial charge on any atom is -0.495 e. The highest BCUT2D eigenvalue weighted by Crippen LogP contribution is 2.55. The minimum absolute atomic E-state index is 0.0133. The molecule has 2 N–H and O–H groups in total. The highest BCUT2D eigenvalue weighted by molar-refractivity contribution is 7.89. The van der Waals surface area contributed by atoms with Gasteiger partial charge in [-0.25, -0.2) is 13.1 Å². The summed E-state index contributed by atoms with van der Waals surface area (Å²) in [4.78, 5) is 12.9. The maximum atomic E-state index is 12.9. The molecule has 4 aliphatic rings. The van der Waals surface area contributed by atoms with Crippen molar-refractivity contribution in [1.29, 1.82) is 0 Å². The zero-order valence-corrected chi connectivity index (χ0v) is 16.1. The summed E-state index contributed by atoms with van der Waals surface area (Å²) in [6.07, 6.45) is 7.10. The molecule has 0 heterocycles. The average Bonchev–Trinajstić information content (AvgIpc) is 2.59. The van der Waals surface area contributed by atoms with Crippen molar-refractivity contribution in [2.24, 2.45) is 17.8 Å². The number of hydrogen-bond acceptors (Lipinski definition) is 4. The van der Waals surface area contributed by atoms with Crippen LogP contribution in [0.3, 0.4) is 0 Å². The van der Waals surface area contributed by atoms with Crippen LogP contribution in [0, 0.1) is 17.8 Å². The Balaban J connectivity index is 1.60. The van der Waals surface area contributed by atoms with Crippen molar-refractivity contribution >= 4 is 15.9 Å². The SMILES string of the molecule is CNS(=O)(=O)c1cc(C(=O)NC23CC4CC(CC(C4)C2)C3)ccc1OC. The second-order valence-corrected chi connectivity index (χ2v) is 10.1. The maximum Gasteiger partial charge on any atom is 0.251 e. The Morgan fingerprint density at radius 2 is 1.69 bits per heavy atom. The molecule has 0 radical (unpaired) electrons. The molecule has 1 amide bonds. The number of ether oxygens (including phenoxy) is 1. The van der Waals surface area contributed by atoms with Crippen LogP contribution in [0.4, 0.5) is 0 Å². The van der Waals surface area contributed by atoms with Crippen molar-refractivity contribution in [3.8, 4) is 5.75 Å². The Bertz CT molecular complexity index is 799. The molecule has 5 rings (SSSR count). The standard InChI is InChI=1S/C19H26N2O4S/c1-20-26(23,24)17-8-15(3-4-16(17)25-2)18(22)21-19-9-12-5-13(10-19)7-14(6-12)11-19/h3-4,8,12-14,20H,5-7,9-11H2,1-2H3,(H,21,22). The third-order valence-electron chi connectivity index (χ3n) is 6.40. The van der Waals surface area contributed by atoms with E-state index >= 15 is 0 Å². The Hall–Kier alpha value is -1.60. The molecule has 0 spiro atoms. The van der Waals surface area contributed by atoms with E-state index in [1.807, 2.05) is 0 Å². The van der Waals surface area contributed by atoms with Crippen molar-refractivity contribution in [3.63, 3.8) is 0 Å². The van der Waals surface area contributed by atoms with Crippen molar-refractivity contribution in [1.82, 2.24) is 10.0 Å². The third kappa shape index (κ3) is 3.01. The number of benzene rings is 1. The van der Waals surface area contributed by atoms with Crippen LogP contribution in [0.1, 0.15) is 48.9 Å². The number of sulfonamides is 1. The molecule has 7 heteroatoms. The van der Waals surface area contributed by atoms with E-state index in [0.29, 0.717) is 5.56 Å². The first kappa shape index (κ1) is 17.8. The Kier molecular flexibility index (Phi) is 4.27. The highest BCUT2D eigenvalue weighted by atomic mass is 32.2. The third-order valence-corrected chi connectivity index (χ3v) is 7.84. The van der Waals surface area contributed by atoms with Gasteiger partial charge >= 0.3 is 0 Å². The fourth-order valence-electron chi connectivity index (χ4n) is 5.71. The Morgan fingerprint density at radius 3 is 2.19 bits per heavy atom. The van der Waals surface area contributed by atoms with Crippen molar-refractivity contribution < 1.29 is 17.9 Å². The van der Waals surface area contributed by atoms with Crippen LogP contribution in [-0.4, -0.2) is 34.0 Å². The van der Waals surface area contributed by atoms with Gasteiger partial charge in [0.2, 0.25) is 10.0 Å². The summed E-state index contributed by atoms with van der Waals surface area (Å²) in [6, 6.07) is 4.57. The van der Waals surface area contributed by atoms with E-state index in [2.05, 4.69) is 10.0 Å². The van der Waals surface area contributed by atoms with Gasteiger partial charge in [0, 0.05) is 11.1 Å². The lowest BCUT2D eigenvalue weighted by molar-refractivity contribution is -0.0167. The summed E-state index contributed by atoms with van der Waals surface area (Å²) < 4.78 is 31.9. The van der Waals surface area contributed by atoms with Gasteiger partial charge in [-0.05, 0) is 81.5 Å². The number of carbonyl (C=O) groups excluding carboxylic acids is 1. The molecular formula is C19H26N2O4S. The quantitative estimate of drug-likeness (QED) is 0.823. The van der Waals surface area contributed by atoms with Crippen molar-refractivity contribution in [2.45, 2.75) is 49.0 Å². The lowest BCUT2D eigenvalue weighted by atomic mass is 9.53. The first-order valence-electron chi connectivity index (χ1n) is 9.28. The zero-order valence-electron chi connectivity index (χ0n) is 15.2. The number of carbonyl (C=O) groups is 1. The summed E-state index contributed by atoms with van der Waals surface area (Å²) in [5, 5.41) is 3.28. The molecule has 6 nitrogen and oxygen atoms in total. The molecular weight excluding hydrogens is 352 g/mol. The van der Waals surface area contributed by atoms with Crippen molar-refractivity contribution in [2.75, 3.05) is 14.2 Å². The van der Waals surface area contributed by atoms with Gasteiger partial charge in [-0.1, -0.05) is 0 Å². The van der Waals surface area contributed by atoms with Crippen LogP contribution in [0.5, 0.6) is 5.75 Å². The summed E-state index contributed by atoms with van der Waals surface area (Å²) in [5.74, 6) is 2.24. The second kappa shape index (κ2) is 6.23. The molecule has 26 heavy (non-hydrogen) atoms. The molecule has 0 unspecified atom stereocenters. The van der Waals surface area contributed by atoms with E-state index in [-0.39, 0.29) is 22.1 Å². The monoisotopic (exact) mass is 378 g/mol. The van der Waals surface area contributed by atoms with Gasteiger partial charge in [0.05, 0.1) is 7.11 Å². The van der Waals surface area contributed by atoms with Gasteiger partial charge in [-0.2, -0.15) is 0 Å². The highest BCUT2D eigenvalue weighted by Gasteiger charge is 2.51. The van der Waals surface area contributed by atoms with Gasteiger partial charge in [0.1, 0.15) is 10.6 Å². The van der Waals surface area contributed by atoms with Gasteiger partial charge in [0.25, 0.3) is 5.91 Å². The van der Waals surface area contributed by atoms with E-state index in [1.54, 1.807) is 12.1 Å². The van der Waals surface area contributed by atoms with E-state index in [0.717, 1.165) is 37.0 Å². The van der Waals surface area contributed by atoms with Crippen LogP contribution in [0.2, 0.25) is 0 Å². The van der Waals surface area contributed by atoms with E-state index < -0.39 is 10.0 Å². The lowest BCUT2D eigenvalue weighted by Crippen LogP contribution is -2.59. The zero-order chi connectivity index (χ0) is 18.5. The van der Waals surface area contributed by atoms with Crippen molar-refractivity contribution in [3.05, 3.63) is 23.8 Å². The van der Waals surface area contributed by atoms with E-state index in [4.69, 9.17) is 4.74 Å². The molecule has 0 aliphatic heterocycles. The topological polar surface area (TPSA) is 84.5 Å². The van der Waals surface area contributed by atoms with Gasteiger partial charge in [0.15, 0.2) is 0 Å². The Labute approximate surface area is 154 Å². The fraction of sp³-hybridized carbons (Fsp3) is 0.632. The molecule has 142 valence electrons. The van der Waals surface area contributed by atoms with E-state index in [9.17, 15) is 13.2 Å². The number of methoxy groups -OCH3 is 1. The maximum absolute atomic E-state index is 12.9. The fourth-order valence-corrected chi connectivity index (χ4v) is 6.63. The molecule has 0 atom stereocenters. The second-order valence-electron chi connectivity index (χ2n) is 8.23. The van der Waals surface area contributed by atoms with E-state index in [1.165, 1.54) is 39.5 Å². The minimum atomic E-state index is -3.71. The van der Waals surface area contributed by atoms with Gasteiger partial charge < -0.3 is 10.1 Å². The molecule has 4 fully saturated rings. The van der Waals surface area contributed by atoms with Crippen LogP contribution >= 0.6 is 0 Å². The molecule has 1 aromatic rings. The number of rotatable bonds is 5. The molecule has 1 aromatic carbocycles. The summed E-state index contributed by atoms with van der Waals surface area (Å²) in [7, 11) is -0.945. The van der Waals surface area contributed by atoms with Crippen LogP contribution < -0.4 is 14.8 Å². The van der Waals surface area contributed by atoms with Crippen LogP contribution in [-0.2, 0) is 10.0 Å². The summed E-state index contributed by atoms with van der Waals surface area (Å²) in [6.45, 7) is 0. The Morgan fingerprint density at radius 1 is 1.12 bits per heavy atom. The number of nitrogens with one attached hydrogen (secondary N) is 2. The normalized spacial score (nSPS) is 32.5. The number of hydrogen-bond donors (Lipinski definition) is 2. The van der Waals surface area contributed by atoms with Gasteiger partial charge in [-0.15, -0.1) is 0 Å². The summed E-state index contributed by atoms with van der Waals surface area (Å²) >= 11 is 0. The molecule has 4 aliphatic carbocycles. The molecule has 0 aromatic heterocycles. The predicted octanol–water partition coefficient (Wildman–Crippen LogP) is 2.30. The molecule has 0 saturated heterocycles. The lowest BCUT2D eigenvalue weighted by Gasteiger charge is -2.56. The predicted molar refractivity (Wildman–Crippen MR) is 97.6 cm³/mol. The average molecular weight is 378 g/mol. The number of amides is 1. The first-order chi connectivity index (χ1) is 12.3. The van der Waals surface area contributed by atoms with Gasteiger partial charge in [-0.3, -0.25) is 4.79 Å². The van der Waals surface area contributed by atoms with Crippen LogP contribution in [0.15, 0.2) is 23.1 Å². The summed E-state index contributed by atoms with van der Waals surface area (Å²) in [5.41, 5.74) is 0.253. The first-order valence-corrected chi connectivity index (χ1v) is 10.8. The molecule has 4 bridgehead atoms.